The van der Waals surface area contributed by atoms with Crippen LogP contribution in [-0.2, 0) is 0 Å². The SMILES string of the molecule is C=C1CC=CC(O)=C1c1ccccc1O.[P]. The molecular formula is C13H12O2P. The normalized spacial score (nSPS) is 14.9. The molecule has 0 aromatic heterocycles. The Morgan fingerprint density at radius 1 is 1.12 bits per heavy atom. The highest BCUT2D eigenvalue weighted by atomic mass is 31.0. The molecule has 0 saturated heterocycles. The highest BCUT2D eigenvalue weighted by molar-refractivity contribution is 6.92. The fourth-order valence-corrected chi connectivity index (χ4v) is 1.69. The maximum absolute atomic E-state index is 9.74. The van der Waals surface area contributed by atoms with E-state index in [2.05, 4.69) is 6.58 Å². The van der Waals surface area contributed by atoms with E-state index in [0.717, 1.165) is 5.57 Å². The summed E-state index contributed by atoms with van der Waals surface area (Å²) in [4.78, 5) is 0. The summed E-state index contributed by atoms with van der Waals surface area (Å²) in [5.74, 6) is 0.322. The molecule has 2 rings (SSSR count). The average Bonchev–Trinajstić information content (AvgIpc) is 2.20. The van der Waals surface area contributed by atoms with Crippen LogP contribution in [0, 0.1) is 0 Å². The number of phenolic OH excluding ortho intramolecular Hbond substituents is 1. The van der Waals surface area contributed by atoms with Gasteiger partial charge in [0.15, 0.2) is 0 Å². The van der Waals surface area contributed by atoms with Crippen molar-refractivity contribution < 1.29 is 10.2 Å². The molecule has 0 spiro atoms. The smallest absolute Gasteiger partial charge is 0.123 e. The number of allylic oxidation sites excluding steroid dienone is 4. The minimum absolute atomic E-state index is 0. The van der Waals surface area contributed by atoms with Gasteiger partial charge in [-0.3, -0.25) is 0 Å². The van der Waals surface area contributed by atoms with Gasteiger partial charge in [-0.05, 0) is 24.1 Å². The van der Waals surface area contributed by atoms with Crippen LogP contribution in [0.25, 0.3) is 5.57 Å². The van der Waals surface area contributed by atoms with Crippen molar-refractivity contribution in [3.63, 3.8) is 0 Å². The summed E-state index contributed by atoms with van der Waals surface area (Å²) in [5.41, 5.74) is 2.08. The third-order valence-electron chi connectivity index (χ3n) is 2.42. The summed E-state index contributed by atoms with van der Waals surface area (Å²) >= 11 is 0. The summed E-state index contributed by atoms with van der Waals surface area (Å²) in [5, 5.41) is 19.4. The van der Waals surface area contributed by atoms with Gasteiger partial charge in [0.05, 0.1) is 0 Å². The number of aromatic hydroxyl groups is 1. The standard InChI is InChI=1S/C13H12O2.P/c1-9-5-4-8-12(15)13(9)10-6-2-3-7-11(10)14;/h2-4,6-8,14-15H,1,5H2;. The molecule has 0 fully saturated rings. The number of para-hydroxylation sites is 1. The number of phenols is 1. The molecule has 3 radical (unpaired) electrons. The van der Waals surface area contributed by atoms with Crippen LogP contribution >= 0.6 is 9.90 Å². The van der Waals surface area contributed by atoms with E-state index in [-0.39, 0.29) is 21.4 Å². The van der Waals surface area contributed by atoms with Gasteiger partial charge in [0, 0.05) is 21.0 Å². The number of rotatable bonds is 1. The molecule has 1 aromatic rings. The molecule has 2 N–H and O–H groups in total. The first-order chi connectivity index (χ1) is 7.20. The summed E-state index contributed by atoms with van der Waals surface area (Å²) in [6.45, 7) is 3.88. The monoisotopic (exact) mass is 231 g/mol. The molecule has 1 aromatic carbocycles. The van der Waals surface area contributed by atoms with Crippen LogP contribution < -0.4 is 0 Å². The van der Waals surface area contributed by atoms with Gasteiger partial charge in [-0.1, -0.05) is 30.9 Å². The first-order valence-electron chi connectivity index (χ1n) is 4.76. The lowest BCUT2D eigenvalue weighted by Gasteiger charge is -2.15. The third kappa shape index (κ3) is 2.17. The van der Waals surface area contributed by atoms with E-state index >= 15 is 0 Å². The molecule has 81 valence electrons. The van der Waals surface area contributed by atoms with Crippen LogP contribution in [0.3, 0.4) is 0 Å². The number of aliphatic hydroxyl groups is 1. The third-order valence-corrected chi connectivity index (χ3v) is 2.42. The Morgan fingerprint density at radius 3 is 2.44 bits per heavy atom. The zero-order valence-corrected chi connectivity index (χ0v) is 9.61. The van der Waals surface area contributed by atoms with Crippen molar-refractivity contribution in [3.8, 4) is 5.75 Å². The van der Waals surface area contributed by atoms with Crippen LogP contribution in [0.4, 0.5) is 0 Å². The van der Waals surface area contributed by atoms with E-state index < -0.39 is 0 Å². The second kappa shape index (κ2) is 5.00. The van der Waals surface area contributed by atoms with Crippen LogP contribution in [0.15, 0.2) is 54.3 Å². The average molecular weight is 231 g/mol. The fourth-order valence-electron chi connectivity index (χ4n) is 1.69. The minimum atomic E-state index is 0. The van der Waals surface area contributed by atoms with Crippen molar-refractivity contribution in [2.75, 3.05) is 0 Å². The number of aliphatic hydroxyl groups excluding tert-OH is 1. The fraction of sp³-hybridized carbons (Fsp3) is 0.0769. The van der Waals surface area contributed by atoms with Gasteiger partial charge in [0.2, 0.25) is 0 Å². The summed E-state index contributed by atoms with van der Waals surface area (Å²) in [7, 11) is 0. The Balaban J connectivity index is 0.00000128. The maximum atomic E-state index is 9.74. The predicted molar refractivity (Wildman–Crippen MR) is 67.5 cm³/mol. The highest BCUT2D eigenvalue weighted by Gasteiger charge is 2.16. The van der Waals surface area contributed by atoms with E-state index in [1.807, 2.05) is 12.1 Å². The van der Waals surface area contributed by atoms with Gasteiger partial charge in [-0.25, -0.2) is 0 Å². The molecule has 3 heteroatoms. The van der Waals surface area contributed by atoms with Crippen molar-refractivity contribution in [2.24, 2.45) is 0 Å². The van der Waals surface area contributed by atoms with Gasteiger partial charge in [-0.15, -0.1) is 0 Å². The lowest BCUT2D eigenvalue weighted by atomic mass is 9.91. The van der Waals surface area contributed by atoms with Gasteiger partial charge in [0.25, 0.3) is 0 Å². The lowest BCUT2D eigenvalue weighted by Crippen LogP contribution is -1.97. The Morgan fingerprint density at radius 2 is 1.81 bits per heavy atom. The second-order valence-corrected chi connectivity index (χ2v) is 3.49. The molecular weight excluding hydrogens is 219 g/mol. The topological polar surface area (TPSA) is 40.5 Å². The first kappa shape index (κ1) is 12.5. The number of hydrogen-bond donors (Lipinski definition) is 2. The molecule has 0 unspecified atom stereocenters. The molecule has 1 aliphatic carbocycles. The van der Waals surface area contributed by atoms with E-state index in [1.54, 1.807) is 24.3 Å². The van der Waals surface area contributed by atoms with Crippen LogP contribution in [0.5, 0.6) is 5.75 Å². The van der Waals surface area contributed by atoms with Crippen LogP contribution in [0.1, 0.15) is 12.0 Å². The summed E-state index contributed by atoms with van der Waals surface area (Å²) in [6, 6.07) is 6.94. The molecule has 0 atom stereocenters. The minimum Gasteiger partial charge on any atom is -0.507 e. The zero-order valence-electron chi connectivity index (χ0n) is 8.72. The maximum Gasteiger partial charge on any atom is 0.123 e. The Kier molecular flexibility index (Phi) is 3.92. The summed E-state index contributed by atoms with van der Waals surface area (Å²) in [6.07, 6.45) is 4.19. The Hall–Kier alpha value is -1.53. The van der Waals surface area contributed by atoms with Gasteiger partial charge < -0.3 is 10.2 Å². The van der Waals surface area contributed by atoms with Crippen molar-refractivity contribution >= 4 is 15.5 Å². The molecule has 0 amide bonds. The van der Waals surface area contributed by atoms with Crippen LogP contribution in [-0.4, -0.2) is 10.2 Å². The first-order valence-corrected chi connectivity index (χ1v) is 4.76. The van der Waals surface area contributed by atoms with Crippen LogP contribution in [0.2, 0.25) is 0 Å². The molecule has 0 bridgehead atoms. The van der Waals surface area contributed by atoms with E-state index in [4.69, 9.17) is 0 Å². The lowest BCUT2D eigenvalue weighted by molar-refractivity contribution is 0.432. The number of benzene rings is 1. The van der Waals surface area contributed by atoms with Crippen molar-refractivity contribution in [2.45, 2.75) is 6.42 Å². The Labute approximate surface area is 98.3 Å². The molecule has 16 heavy (non-hydrogen) atoms. The quantitative estimate of drug-likeness (QED) is 0.716. The van der Waals surface area contributed by atoms with Crippen molar-refractivity contribution in [1.82, 2.24) is 0 Å². The van der Waals surface area contributed by atoms with Gasteiger partial charge >= 0.3 is 0 Å². The highest BCUT2D eigenvalue weighted by Crippen LogP contribution is 2.35. The second-order valence-electron chi connectivity index (χ2n) is 3.49. The van der Waals surface area contributed by atoms with Gasteiger partial charge in [0.1, 0.15) is 11.5 Å². The Bertz CT molecular complexity index is 473. The number of hydrogen-bond acceptors (Lipinski definition) is 2. The largest absolute Gasteiger partial charge is 0.507 e. The molecule has 2 nitrogen and oxygen atoms in total. The zero-order chi connectivity index (χ0) is 10.8. The van der Waals surface area contributed by atoms with Gasteiger partial charge in [-0.2, -0.15) is 0 Å². The summed E-state index contributed by atoms with van der Waals surface area (Å²) < 4.78 is 0. The molecule has 0 saturated carbocycles. The van der Waals surface area contributed by atoms with E-state index in [1.165, 1.54) is 0 Å². The van der Waals surface area contributed by atoms with E-state index in [0.29, 0.717) is 17.6 Å². The molecule has 1 aliphatic rings. The predicted octanol–water partition coefficient (Wildman–Crippen LogP) is 4.04. The molecule has 0 heterocycles. The van der Waals surface area contributed by atoms with Crippen molar-refractivity contribution in [1.29, 1.82) is 0 Å². The molecule has 0 aliphatic heterocycles. The van der Waals surface area contributed by atoms with Crippen molar-refractivity contribution in [3.05, 3.63) is 59.9 Å². The van der Waals surface area contributed by atoms with E-state index in [9.17, 15) is 10.2 Å².